The second-order valence-corrected chi connectivity index (χ2v) is 7.67. The molecular formula is C23H27FN4O3. The summed E-state index contributed by atoms with van der Waals surface area (Å²) in [6, 6.07) is 11.4. The molecule has 31 heavy (non-hydrogen) atoms. The van der Waals surface area contributed by atoms with Gasteiger partial charge in [-0.1, -0.05) is 12.1 Å². The number of nitrogens with zero attached hydrogens (tertiary/aromatic N) is 2. The molecule has 0 spiro atoms. The van der Waals surface area contributed by atoms with Gasteiger partial charge in [0.25, 0.3) is 0 Å². The summed E-state index contributed by atoms with van der Waals surface area (Å²) in [6.07, 6.45) is 0. The molecule has 0 bridgehead atoms. The van der Waals surface area contributed by atoms with Crippen LogP contribution in [-0.4, -0.2) is 48.8 Å². The van der Waals surface area contributed by atoms with Gasteiger partial charge in [-0.25, -0.2) is 9.18 Å². The molecule has 2 N–H and O–H groups in total. The fourth-order valence-electron chi connectivity index (χ4n) is 3.58. The van der Waals surface area contributed by atoms with Crippen LogP contribution < -0.4 is 15.5 Å². The molecule has 7 nitrogen and oxygen atoms in total. The van der Waals surface area contributed by atoms with Crippen LogP contribution in [0.15, 0.2) is 42.5 Å². The number of amides is 3. The van der Waals surface area contributed by atoms with Gasteiger partial charge in [0.15, 0.2) is 5.78 Å². The molecule has 1 heterocycles. The topological polar surface area (TPSA) is 81.8 Å². The van der Waals surface area contributed by atoms with E-state index in [-0.39, 0.29) is 23.8 Å². The third kappa shape index (κ3) is 5.59. The van der Waals surface area contributed by atoms with Crippen molar-refractivity contribution < 1.29 is 18.8 Å². The highest BCUT2D eigenvalue weighted by Crippen LogP contribution is 2.23. The van der Waals surface area contributed by atoms with Gasteiger partial charge in [-0.05, 0) is 49.7 Å². The summed E-state index contributed by atoms with van der Waals surface area (Å²) in [7, 11) is 0. The Bertz CT molecular complexity index is 987. The van der Waals surface area contributed by atoms with Crippen LogP contribution >= 0.6 is 0 Å². The smallest absolute Gasteiger partial charge is 0.317 e. The average Bonchev–Trinajstić information content (AvgIpc) is 2.73. The summed E-state index contributed by atoms with van der Waals surface area (Å²) in [5.74, 6) is -0.763. The van der Waals surface area contributed by atoms with Crippen molar-refractivity contribution in [1.29, 1.82) is 0 Å². The first-order valence-electron chi connectivity index (χ1n) is 10.2. The molecule has 0 radical (unpaired) electrons. The normalized spacial score (nSPS) is 14.7. The molecule has 1 aliphatic heterocycles. The summed E-state index contributed by atoms with van der Waals surface area (Å²) >= 11 is 0. The van der Waals surface area contributed by atoms with Crippen molar-refractivity contribution in [2.24, 2.45) is 0 Å². The van der Waals surface area contributed by atoms with E-state index in [4.69, 9.17) is 0 Å². The number of hydrogen-bond acceptors (Lipinski definition) is 4. The molecule has 0 aliphatic carbocycles. The minimum absolute atomic E-state index is 0.154. The Balaban J connectivity index is 1.57. The van der Waals surface area contributed by atoms with Crippen molar-refractivity contribution in [3.05, 3.63) is 59.4 Å². The molecule has 3 rings (SSSR count). The summed E-state index contributed by atoms with van der Waals surface area (Å²) < 4.78 is 14.4. The first-order chi connectivity index (χ1) is 14.7. The van der Waals surface area contributed by atoms with E-state index in [1.165, 1.54) is 19.9 Å². The number of nitrogens with one attached hydrogen (secondary N) is 2. The van der Waals surface area contributed by atoms with Crippen molar-refractivity contribution in [2.45, 2.75) is 26.8 Å². The van der Waals surface area contributed by atoms with Crippen LogP contribution in [0.1, 0.15) is 42.7 Å². The Kier molecular flexibility index (Phi) is 6.89. The van der Waals surface area contributed by atoms with Crippen LogP contribution in [0.25, 0.3) is 0 Å². The van der Waals surface area contributed by atoms with E-state index < -0.39 is 5.82 Å². The highest BCUT2D eigenvalue weighted by Gasteiger charge is 2.24. The van der Waals surface area contributed by atoms with Gasteiger partial charge in [0.1, 0.15) is 5.82 Å². The molecule has 0 aromatic heterocycles. The fourth-order valence-corrected chi connectivity index (χ4v) is 3.58. The Morgan fingerprint density at radius 3 is 2.32 bits per heavy atom. The van der Waals surface area contributed by atoms with Crippen LogP contribution in [-0.2, 0) is 4.79 Å². The van der Waals surface area contributed by atoms with Gasteiger partial charge in [0.2, 0.25) is 5.91 Å². The lowest BCUT2D eigenvalue weighted by Crippen LogP contribution is -2.52. The zero-order valence-electron chi connectivity index (χ0n) is 17.9. The molecule has 0 unspecified atom stereocenters. The van der Waals surface area contributed by atoms with Crippen LogP contribution in [0.3, 0.4) is 0 Å². The maximum Gasteiger partial charge on any atom is 0.317 e. The number of carbonyl (C=O) groups excluding carboxylic acids is 3. The van der Waals surface area contributed by atoms with Crippen molar-refractivity contribution in [3.63, 3.8) is 0 Å². The zero-order valence-corrected chi connectivity index (χ0v) is 17.9. The van der Waals surface area contributed by atoms with E-state index in [2.05, 4.69) is 10.6 Å². The standard InChI is InChI=1S/C23H27FN4O3/c1-15(18-5-4-6-20(13-18)26-17(3)30)25-23(31)28-11-9-27(10-12-28)22-8-7-19(16(2)29)14-21(22)24/h4-8,13-15H,9-12H2,1-3H3,(H,25,31)(H,26,30)/t15-/m1/s1. The van der Waals surface area contributed by atoms with Crippen LogP contribution in [0.2, 0.25) is 0 Å². The van der Waals surface area contributed by atoms with Gasteiger partial charge in [-0.3, -0.25) is 9.59 Å². The highest BCUT2D eigenvalue weighted by molar-refractivity contribution is 5.94. The molecule has 164 valence electrons. The van der Waals surface area contributed by atoms with Crippen LogP contribution in [0, 0.1) is 5.82 Å². The number of hydrogen-bond donors (Lipinski definition) is 2. The van der Waals surface area contributed by atoms with E-state index in [9.17, 15) is 18.8 Å². The minimum Gasteiger partial charge on any atom is -0.366 e. The molecule has 1 fully saturated rings. The predicted octanol–water partition coefficient (Wildman–Crippen LogP) is 3.58. The molecule has 1 aliphatic rings. The largest absolute Gasteiger partial charge is 0.366 e. The number of Topliss-reactive ketones (excluding diaryl/α,β-unsaturated/α-hetero) is 1. The molecule has 8 heteroatoms. The fraction of sp³-hybridized carbons (Fsp3) is 0.348. The van der Waals surface area contributed by atoms with E-state index in [0.29, 0.717) is 43.1 Å². The number of ketones is 1. The third-order valence-corrected chi connectivity index (χ3v) is 5.31. The van der Waals surface area contributed by atoms with Gasteiger partial charge in [0.05, 0.1) is 11.7 Å². The number of halogens is 1. The number of carbonyl (C=O) groups is 3. The summed E-state index contributed by atoms with van der Waals surface area (Å²) in [6.45, 7) is 6.64. The summed E-state index contributed by atoms with van der Waals surface area (Å²) in [5.41, 5.74) is 2.34. The van der Waals surface area contributed by atoms with Crippen molar-refractivity contribution in [1.82, 2.24) is 10.2 Å². The Morgan fingerprint density at radius 2 is 1.71 bits per heavy atom. The van der Waals surface area contributed by atoms with Crippen molar-refractivity contribution >= 4 is 29.1 Å². The quantitative estimate of drug-likeness (QED) is 0.716. The molecule has 0 saturated carbocycles. The second kappa shape index (κ2) is 9.59. The van der Waals surface area contributed by atoms with E-state index >= 15 is 0 Å². The predicted molar refractivity (Wildman–Crippen MR) is 118 cm³/mol. The van der Waals surface area contributed by atoms with Gasteiger partial charge in [-0.2, -0.15) is 0 Å². The molecule has 2 aromatic carbocycles. The Hall–Kier alpha value is -3.42. The lowest BCUT2D eigenvalue weighted by molar-refractivity contribution is -0.114. The lowest BCUT2D eigenvalue weighted by atomic mass is 10.1. The van der Waals surface area contributed by atoms with Crippen LogP contribution in [0.4, 0.5) is 20.6 Å². The monoisotopic (exact) mass is 426 g/mol. The number of rotatable bonds is 5. The molecular weight excluding hydrogens is 399 g/mol. The maximum atomic E-state index is 14.4. The molecule has 1 atom stereocenters. The van der Waals surface area contributed by atoms with Crippen molar-refractivity contribution in [3.8, 4) is 0 Å². The Labute approximate surface area is 181 Å². The number of anilines is 2. The van der Waals surface area contributed by atoms with E-state index in [1.54, 1.807) is 23.1 Å². The van der Waals surface area contributed by atoms with Crippen LogP contribution in [0.5, 0.6) is 0 Å². The van der Waals surface area contributed by atoms with Crippen molar-refractivity contribution in [2.75, 3.05) is 36.4 Å². The Morgan fingerprint density at radius 1 is 1.00 bits per heavy atom. The molecule has 3 amide bonds. The third-order valence-electron chi connectivity index (χ3n) is 5.31. The highest BCUT2D eigenvalue weighted by atomic mass is 19.1. The lowest BCUT2D eigenvalue weighted by Gasteiger charge is -2.36. The van der Waals surface area contributed by atoms with E-state index in [0.717, 1.165) is 5.56 Å². The number of urea groups is 1. The first-order valence-corrected chi connectivity index (χ1v) is 10.2. The SMILES string of the molecule is CC(=O)Nc1cccc([C@@H](C)NC(=O)N2CCN(c3ccc(C(C)=O)cc3F)CC2)c1. The molecule has 1 saturated heterocycles. The van der Waals surface area contributed by atoms with Gasteiger partial charge in [-0.15, -0.1) is 0 Å². The minimum atomic E-state index is -0.432. The number of benzene rings is 2. The second-order valence-electron chi connectivity index (χ2n) is 7.67. The summed E-state index contributed by atoms with van der Waals surface area (Å²) in [4.78, 5) is 38.9. The zero-order chi connectivity index (χ0) is 22.5. The maximum absolute atomic E-state index is 14.4. The van der Waals surface area contributed by atoms with Gasteiger partial charge in [0, 0.05) is 44.4 Å². The van der Waals surface area contributed by atoms with Gasteiger partial charge < -0.3 is 20.4 Å². The van der Waals surface area contributed by atoms with Gasteiger partial charge >= 0.3 is 6.03 Å². The first kappa shape index (κ1) is 22.3. The average molecular weight is 426 g/mol. The van der Waals surface area contributed by atoms with E-state index in [1.807, 2.05) is 30.0 Å². The molecule has 2 aromatic rings. The number of piperazine rings is 1. The summed E-state index contributed by atoms with van der Waals surface area (Å²) in [5, 5.41) is 5.71.